The lowest BCUT2D eigenvalue weighted by Crippen LogP contribution is -2.33. The number of nitrogens with one attached hydrogen (secondary N) is 1. The number of nitro groups is 1. The maximum absolute atomic E-state index is 12.7. The van der Waals surface area contributed by atoms with E-state index in [2.05, 4.69) is 5.32 Å². The minimum Gasteiger partial charge on any atom is -0.496 e. The van der Waals surface area contributed by atoms with Crippen LogP contribution in [0.15, 0.2) is 48.5 Å². The zero-order chi connectivity index (χ0) is 19.4. The summed E-state index contributed by atoms with van der Waals surface area (Å²) in [6.07, 6.45) is 0.614. The molecular weight excluding hydrogens is 352 g/mol. The van der Waals surface area contributed by atoms with E-state index in [0.29, 0.717) is 5.56 Å². The van der Waals surface area contributed by atoms with Crippen molar-refractivity contribution in [2.75, 3.05) is 7.11 Å². The van der Waals surface area contributed by atoms with E-state index in [9.17, 15) is 19.7 Å². The number of carbonyl (C=O) groups excluding carboxylic acids is 2. The third kappa shape index (κ3) is 4.41. The molecule has 27 heavy (non-hydrogen) atoms. The highest BCUT2D eigenvalue weighted by Gasteiger charge is 2.32. The molecular formula is C19H18N2O6. The fourth-order valence-corrected chi connectivity index (χ4v) is 2.54. The van der Waals surface area contributed by atoms with Crippen molar-refractivity contribution in [3.63, 3.8) is 0 Å². The predicted molar refractivity (Wildman–Crippen MR) is 95.4 cm³/mol. The molecule has 1 aliphatic carbocycles. The zero-order valence-electron chi connectivity index (χ0n) is 14.6. The summed E-state index contributed by atoms with van der Waals surface area (Å²) in [4.78, 5) is 35.6. The van der Waals surface area contributed by atoms with Gasteiger partial charge in [-0.2, -0.15) is 0 Å². The van der Waals surface area contributed by atoms with Crippen molar-refractivity contribution < 1.29 is 24.0 Å². The van der Waals surface area contributed by atoms with Gasteiger partial charge >= 0.3 is 5.97 Å². The predicted octanol–water partition coefficient (Wildman–Crippen LogP) is 2.78. The van der Waals surface area contributed by atoms with Crippen molar-refractivity contribution in [3.8, 4) is 5.75 Å². The first-order valence-electron chi connectivity index (χ1n) is 8.38. The normalized spacial score (nSPS) is 14.1. The largest absolute Gasteiger partial charge is 0.496 e. The summed E-state index contributed by atoms with van der Waals surface area (Å²) in [5, 5.41) is 13.8. The summed E-state index contributed by atoms with van der Waals surface area (Å²) >= 11 is 0. The van der Waals surface area contributed by atoms with E-state index in [1.807, 2.05) is 0 Å². The van der Waals surface area contributed by atoms with Crippen LogP contribution in [0.25, 0.3) is 0 Å². The molecule has 3 rings (SSSR count). The van der Waals surface area contributed by atoms with Gasteiger partial charge in [0.15, 0.2) is 0 Å². The number of non-ortho nitro benzene ring substituents is 1. The molecule has 0 spiro atoms. The van der Waals surface area contributed by atoms with Crippen LogP contribution in [0.1, 0.15) is 34.9 Å². The summed E-state index contributed by atoms with van der Waals surface area (Å²) in [7, 11) is 1.34. The average molecular weight is 370 g/mol. The zero-order valence-corrected chi connectivity index (χ0v) is 14.6. The Hall–Kier alpha value is -3.42. The number of hydrogen-bond acceptors (Lipinski definition) is 6. The second-order valence-electron chi connectivity index (χ2n) is 6.12. The van der Waals surface area contributed by atoms with Crippen molar-refractivity contribution in [2.45, 2.75) is 25.0 Å². The molecule has 0 aliphatic heterocycles. The SMILES string of the molecule is COc1ccc([N+](=O)[O-])cc1C(=O)O[C@@H](C(=O)NC1CC1)c1ccccc1. The van der Waals surface area contributed by atoms with E-state index in [-0.39, 0.29) is 23.0 Å². The van der Waals surface area contributed by atoms with Gasteiger partial charge < -0.3 is 14.8 Å². The lowest BCUT2D eigenvalue weighted by Gasteiger charge is -2.18. The number of esters is 1. The molecule has 8 heteroatoms. The summed E-state index contributed by atoms with van der Waals surface area (Å²) in [5.74, 6) is -1.18. The van der Waals surface area contributed by atoms with Gasteiger partial charge in [0.25, 0.3) is 11.6 Å². The molecule has 2 aromatic carbocycles. The quantitative estimate of drug-likeness (QED) is 0.456. The first-order chi connectivity index (χ1) is 13.0. The van der Waals surface area contributed by atoms with Crippen molar-refractivity contribution in [1.29, 1.82) is 0 Å². The van der Waals surface area contributed by atoms with Crippen molar-refractivity contribution in [1.82, 2.24) is 5.32 Å². The van der Waals surface area contributed by atoms with Crippen LogP contribution in [0.2, 0.25) is 0 Å². The van der Waals surface area contributed by atoms with Gasteiger partial charge in [0.05, 0.1) is 12.0 Å². The molecule has 1 aliphatic rings. The fourth-order valence-electron chi connectivity index (χ4n) is 2.54. The van der Waals surface area contributed by atoms with E-state index >= 15 is 0 Å². The minimum atomic E-state index is -1.16. The molecule has 0 unspecified atom stereocenters. The van der Waals surface area contributed by atoms with Gasteiger partial charge in [-0.15, -0.1) is 0 Å². The Bertz CT molecular complexity index is 864. The summed E-state index contributed by atoms with van der Waals surface area (Å²) < 4.78 is 10.5. The Kier molecular flexibility index (Phi) is 5.35. The molecule has 2 aromatic rings. The molecule has 0 bridgehead atoms. The van der Waals surface area contributed by atoms with Gasteiger partial charge in [-0.3, -0.25) is 14.9 Å². The molecule has 0 radical (unpaired) electrons. The molecule has 140 valence electrons. The van der Waals surface area contributed by atoms with Crippen LogP contribution < -0.4 is 10.1 Å². The Labute approximate surface area is 155 Å². The van der Waals surface area contributed by atoms with Crippen LogP contribution in [-0.4, -0.2) is 30.0 Å². The lowest BCUT2D eigenvalue weighted by atomic mass is 10.1. The van der Waals surface area contributed by atoms with Crippen LogP contribution in [0.4, 0.5) is 5.69 Å². The highest BCUT2D eigenvalue weighted by Crippen LogP contribution is 2.28. The minimum absolute atomic E-state index is 0.0924. The number of carbonyl (C=O) groups is 2. The number of benzene rings is 2. The van der Waals surface area contributed by atoms with E-state index in [0.717, 1.165) is 18.9 Å². The first-order valence-corrected chi connectivity index (χ1v) is 8.38. The van der Waals surface area contributed by atoms with Crippen LogP contribution in [0.3, 0.4) is 0 Å². The van der Waals surface area contributed by atoms with Gasteiger partial charge in [0.1, 0.15) is 11.3 Å². The molecule has 0 saturated heterocycles. The maximum atomic E-state index is 12.7. The first kappa shape index (κ1) is 18.4. The summed E-state index contributed by atoms with van der Waals surface area (Å²) in [5.41, 5.74) is 0.113. The molecule has 1 amide bonds. The Morgan fingerprint density at radius 1 is 1.19 bits per heavy atom. The number of rotatable bonds is 7. The average Bonchev–Trinajstić information content (AvgIpc) is 3.49. The Balaban J connectivity index is 1.89. The Morgan fingerprint density at radius 2 is 1.89 bits per heavy atom. The van der Waals surface area contributed by atoms with Crippen LogP contribution >= 0.6 is 0 Å². The number of ether oxygens (including phenoxy) is 2. The van der Waals surface area contributed by atoms with Gasteiger partial charge in [-0.25, -0.2) is 4.79 Å². The van der Waals surface area contributed by atoms with Crippen molar-refractivity contribution >= 4 is 17.6 Å². The van der Waals surface area contributed by atoms with E-state index < -0.39 is 22.9 Å². The maximum Gasteiger partial charge on any atom is 0.343 e. The number of amides is 1. The highest BCUT2D eigenvalue weighted by molar-refractivity contribution is 5.95. The smallest absolute Gasteiger partial charge is 0.343 e. The summed E-state index contributed by atoms with van der Waals surface area (Å²) in [6, 6.07) is 12.3. The van der Waals surface area contributed by atoms with Crippen molar-refractivity contribution in [2.24, 2.45) is 0 Å². The molecule has 0 heterocycles. The lowest BCUT2D eigenvalue weighted by molar-refractivity contribution is -0.384. The van der Waals surface area contributed by atoms with Gasteiger partial charge in [-0.05, 0) is 18.9 Å². The van der Waals surface area contributed by atoms with Gasteiger partial charge in [-0.1, -0.05) is 30.3 Å². The van der Waals surface area contributed by atoms with E-state index in [1.54, 1.807) is 30.3 Å². The molecule has 1 atom stereocenters. The third-order valence-electron chi connectivity index (χ3n) is 4.10. The third-order valence-corrected chi connectivity index (χ3v) is 4.10. The van der Waals surface area contributed by atoms with E-state index in [1.165, 1.54) is 19.2 Å². The van der Waals surface area contributed by atoms with Crippen LogP contribution in [-0.2, 0) is 9.53 Å². The highest BCUT2D eigenvalue weighted by atomic mass is 16.6. The second-order valence-corrected chi connectivity index (χ2v) is 6.12. The molecule has 1 fully saturated rings. The Morgan fingerprint density at radius 3 is 2.48 bits per heavy atom. The topological polar surface area (TPSA) is 108 Å². The van der Waals surface area contributed by atoms with Crippen molar-refractivity contribution in [3.05, 3.63) is 69.8 Å². The number of hydrogen-bond donors (Lipinski definition) is 1. The number of methoxy groups -OCH3 is 1. The number of nitrogens with zero attached hydrogens (tertiary/aromatic N) is 1. The van der Waals surface area contributed by atoms with Gasteiger partial charge in [0, 0.05) is 23.7 Å². The van der Waals surface area contributed by atoms with E-state index in [4.69, 9.17) is 9.47 Å². The molecule has 0 aromatic heterocycles. The van der Waals surface area contributed by atoms with Crippen LogP contribution in [0.5, 0.6) is 5.75 Å². The summed E-state index contributed by atoms with van der Waals surface area (Å²) in [6.45, 7) is 0. The standard InChI is InChI=1S/C19H18N2O6/c1-26-16-10-9-14(21(24)25)11-15(16)19(23)27-17(12-5-3-2-4-6-12)18(22)20-13-7-8-13/h2-6,9-11,13,17H,7-8H2,1H3,(H,20,22)/t17-/m1/s1. The van der Waals surface area contributed by atoms with Crippen LogP contribution in [0, 0.1) is 10.1 Å². The molecule has 1 saturated carbocycles. The second kappa shape index (κ2) is 7.86. The number of nitro benzene ring substituents is 1. The van der Waals surface area contributed by atoms with Gasteiger partial charge in [0.2, 0.25) is 6.10 Å². The molecule has 1 N–H and O–H groups in total. The monoisotopic (exact) mass is 370 g/mol. The fraction of sp³-hybridized carbons (Fsp3) is 0.263. The molecule has 8 nitrogen and oxygen atoms in total.